The molecule has 0 aliphatic rings. The third-order valence-corrected chi connectivity index (χ3v) is 4.14. The van der Waals surface area contributed by atoms with Crippen LogP contribution in [-0.2, 0) is 22.9 Å². The highest BCUT2D eigenvalue weighted by Crippen LogP contribution is 2.09. The molecule has 0 fully saturated rings. The summed E-state index contributed by atoms with van der Waals surface area (Å²) in [6.45, 7) is 3.91. The summed E-state index contributed by atoms with van der Waals surface area (Å²) in [5.41, 5.74) is 1.57. The van der Waals surface area contributed by atoms with Crippen LogP contribution in [0.5, 0.6) is 0 Å². The van der Waals surface area contributed by atoms with Gasteiger partial charge in [-0.2, -0.15) is 0 Å². The molecule has 0 aliphatic heterocycles. The zero-order valence-electron chi connectivity index (χ0n) is 11.2. The van der Waals surface area contributed by atoms with Gasteiger partial charge >= 0.3 is 0 Å². The lowest BCUT2D eigenvalue weighted by molar-refractivity contribution is 0.597. The van der Waals surface area contributed by atoms with Crippen LogP contribution in [0, 0.1) is 0 Å². The smallest absolute Gasteiger partial charge is 0.250 e. The Labute approximate surface area is 119 Å². The van der Waals surface area contributed by atoms with Gasteiger partial charge in [-0.3, -0.25) is 0 Å². The van der Waals surface area contributed by atoms with Gasteiger partial charge in [-0.25, -0.2) is 18.1 Å². The number of aryl methyl sites for hydroxylation is 2. The van der Waals surface area contributed by atoms with Gasteiger partial charge in [-0.05, 0) is 25.7 Å². The van der Waals surface area contributed by atoms with Crippen LogP contribution in [0.4, 0.5) is 5.95 Å². The quantitative estimate of drug-likeness (QED) is 0.584. The summed E-state index contributed by atoms with van der Waals surface area (Å²) in [6.07, 6.45) is 2.60. The van der Waals surface area contributed by atoms with Gasteiger partial charge in [0.25, 0.3) is 5.95 Å². The van der Waals surface area contributed by atoms with Gasteiger partial charge in [0, 0.05) is 5.88 Å². The second kappa shape index (κ2) is 7.59. The van der Waals surface area contributed by atoms with Gasteiger partial charge in [-0.15, -0.1) is 21.8 Å². The zero-order chi connectivity index (χ0) is 14.3. The minimum atomic E-state index is -3.43. The summed E-state index contributed by atoms with van der Waals surface area (Å²) in [5.74, 6) is 0.513. The van der Waals surface area contributed by atoms with E-state index >= 15 is 0 Å². The van der Waals surface area contributed by atoms with Crippen molar-refractivity contribution in [1.29, 1.82) is 0 Å². The Morgan fingerprint density at radius 1 is 1.11 bits per heavy atom. The Bertz CT molecular complexity index is 507. The maximum absolute atomic E-state index is 11.8. The third-order valence-electron chi connectivity index (χ3n) is 2.55. The van der Waals surface area contributed by atoms with Gasteiger partial charge in [0.15, 0.2) is 0 Å². The van der Waals surface area contributed by atoms with Crippen molar-refractivity contribution in [3.8, 4) is 0 Å². The van der Waals surface area contributed by atoms with E-state index in [9.17, 15) is 8.42 Å². The van der Waals surface area contributed by atoms with Crippen molar-refractivity contribution in [2.75, 3.05) is 16.4 Å². The third kappa shape index (κ3) is 5.28. The molecule has 1 rings (SSSR count). The van der Waals surface area contributed by atoms with Crippen LogP contribution in [0.1, 0.15) is 38.1 Å². The van der Waals surface area contributed by atoms with Crippen LogP contribution >= 0.6 is 11.6 Å². The molecule has 1 aromatic rings. The predicted octanol–water partition coefficient (Wildman–Crippen LogP) is 1.76. The van der Waals surface area contributed by atoms with E-state index in [1.165, 1.54) is 0 Å². The Morgan fingerprint density at radius 2 is 1.79 bits per heavy atom. The molecule has 19 heavy (non-hydrogen) atoms. The van der Waals surface area contributed by atoms with Crippen LogP contribution in [0.25, 0.3) is 0 Å². The molecule has 1 N–H and O–H groups in total. The van der Waals surface area contributed by atoms with Crippen LogP contribution in [0.3, 0.4) is 0 Å². The number of unbranched alkanes of at least 4 members (excludes halogenated alkanes) is 1. The molecule has 0 spiro atoms. The monoisotopic (exact) mass is 306 g/mol. The molecule has 6 nitrogen and oxygen atoms in total. The van der Waals surface area contributed by atoms with Crippen molar-refractivity contribution in [3.63, 3.8) is 0 Å². The van der Waals surface area contributed by atoms with E-state index in [1.54, 1.807) is 0 Å². The Morgan fingerprint density at radius 3 is 2.37 bits per heavy atom. The highest BCUT2D eigenvalue weighted by Gasteiger charge is 2.13. The highest BCUT2D eigenvalue weighted by molar-refractivity contribution is 7.92. The second-order valence-corrected chi connectivity index (χ2v) is 6.27. The minimum absolute atomic E-state index is 0.0140. The van der Waals surface area contributed by atoms with Gasteiger partial charge in [0.2, 0.25) is 10.0 Å². The summed E-state index contributed by atoms with van der Waals surface area (Å²) < 4.78 is 25.9. The fraction of sp³-hybridized carbons (Fsp3) is 0.727. The molecule has 0 aliphatic carbocycles. The molecule has 0 amide bonds. The van der Waals surface area contributed by atoms with Gasteiger partial charge in [0.05, 0.1) is 17.1 Å². The maximum atomic E-state index is 11.8. The number of aromatic nitrogens is 3. The summed E-state index contributed by atoms with van der Waals surface area (Å²) in [6, 6.07) is 0. The van der Waals surface area contributed by atoms with E-state index < -0.39 is 10.0 Å². The van der Waals surface area contributed by atoms with Crippen LogP contribution < -0.4 is 4.72 Å². The number of alkyl halides is 1. The molecule has 0 atom stereocenters. The van der Waals surface area contributed by atoms with Crippen LogP contribution in [0.15, 0.2) is 0 Å². The molecular formula is C11H19ClN4O2S. The van der Waals surface area contributed by atoms with E-state index in [4.69, 9.17) is 11.6 Å². The molecule has 1 heterocycles. The summed E-state index contributed by atoms with van der Waals surface area (Å²) in [7, 11) is -3.43. The van der Waals surface area contributed by atoms with Crippen molar-refractivity contribution >= 4 is 27.6 Å². The number of anilines is 1. The molecule has 0 unspecified atom stereocenters. The zero-order valence-corrected chi connectivity index (χ0v) is 12.8. The fourth-order valence-electron chi connectivity index (χ4n) is 1.56. The normalized spacial score (nSPS) is 11.5. The first-order valence-corrected chi connectivity index (χ1v) is 8.50. The van der Waals surface area contributed by atoms with E-state index in [2.05, 4.69) is 19.9 Å². The molecule has 108 valence electrons. The lowest BCUT2D eigenvalue weighted by Gasteiger charge is -2.08. The molecule has 8 heteroatoms. The summed E-state index contributed by atoms with van der Waals surface area (Å²) in [5, 5.41) is 7.78. The predicted molar refractivity (Wildman–Crippen MR) is 75.9 cm³/mol. The standard InChI is InChI=1S/C11H19ClN4O2S/c1-3-9-10(4-2)14-15-11(13-9)16-19(17,18)8-6-5-7-12/h3-8H2,1-2H3,(H,13,15,16). The number of halogens is 1. The number of hydrogen-bond acceptors (Lipinski definition) is 5. The molecule has 0 saturated heterocycles. The first kappa shape index (κ1) is 16.1. The number of hydrogen-bond donors (Lipinski definition) is 1. The minimum Gasteiger partial charge on any atom is -0.250 e. The Balaban J connectivity index is 2.76. The van der Waals surface area contributed by atoms with Crippen molar-refractivity contribution < 1.29 is 8.42 Å². The molecule has 0 radical (unpaired) electrons. The highest BCUT2D eigenvalue weighted by atomic mass is 35.5. The van der Waals surface area contributed by atoms with Crippen molar-refractivity contribution in [1.82, 2.24) is 15.2 Å². The van der Waals surface area contributed by atoms with E-state index in [0.29, 0.717) is 25.1 Å². The summed E-state index contributed by atoms with van der Waals surface area (Å²) in [4.78, 5) is 4.19. The lowest BCUT2D eigenvalue weighted by Crippen LogP contribution is -2.20. The van der Waals surface area contributed by atoms with Gasteiger partial charge < -0.3 is 0 Å². The van der Waals surface area contributed by atoms with Crippen molar-refractivity contribution in [2.24, 2.45) is 0 Å². The van der Waals surface area contributed by atoms with Crippen LogP contribution in [-0.4, -0.2) is 35.2 Å². The number of nitrogens with one attached hydrogen (secondary N) is 1. The average molecular weight is 307 g/mol. The second-order valence-electron chi connectivity index (χ2n) is 4.05. The van der Waals surface area contributed by atoms with Crippen LogP contribution in [0.2, 0.25) is 0 Å². The topological polar surface area (TPSA) is 84.8 Å². The van der Waals surface area contributed by atoms with Gasteiger partial charge in [-0.1, -0.05) is 13.8 Å². The van der Waals surface area contributed by atoms with Gasteiger partial charge in [0.1, 0.15) is 0 Å². The lowest BCUT2D eigenvalue weighted by atomic mass is 10.2. The molecule has 1 aromatic heterocycles. The SMILES string of the molecule is CCc1nnc(NS(=O)(=O)CCCCCl)nc1CC. The number of nitrogens with zero attached hydrogens (tertiary/aromatic N) is 3. The van der Waals surface area contributed by atoms with Crippen molar-refractivity contribution in [2.45, 2.75) is 39.5 Å². The number of rotatable bonds is 8. The van der Waals surface area contributed by atoms with Crippen molar-refractivity contribution in [3.05, 3.63) is 11.4 Å². The van der Waals surface area contributed by atoms with E-state index in [1.807, 2.05) is 13.8 Å². The number of sulfonamides is 1. The Kier molecular flexibility index (Phi) is 6.44. The Hall–Kier alpha value is -0.950. The largest absolute Gasteiger partial charge is 0.256 e. The fourth-order valence-corrected chi connectivity index (χ4v) is 2.80. The first-order valence-electron chi connectivity index (χ1n) is 6.31. The average Bonchev–Trinajstić information content (AvgIpc) is 2.38. The maximum Gasteiger partial charge on any atom is 0.256 e. The first-order chi connectivity index (χ1) is 9.02. The molecular weight excluding hydrogens is 288 g/mol. The molecule has 0 saturated carbocycles. The van der Waals surface area contributed by atoms with E-state index in [-0.39, 0.29) is 11.7 Å². The molecule has 0 aromatic carbocycles. The molecule has 0 bridgehead atoms. The summed E-state index contributed by atoms with van der Waals surface area (Å²) >= 11 is 5.51. The van der Waals surface area contributed by atoms with E-state index in [0.717, 1.165) is 17.8 Å².